The van der Waals surface area contributed by atoms with Crippen LogP contribution < -0.4 is 4.90 Å². The Labute approximate surface area is 118 Å². The summed E-state index contributed by atoms with van der Waals surface area (Å²) in [5.41, 5.74) is -0.441. The van der Waals surface area contributed by atoms with E-state index in [1.165, 1.54) is 0 Å². The summed E-state index contributed by atoms with van der Waals surface area (Å²) in [4.78, 5) is 20.4. The second-order valence-electron chi connectivity index (χ2n) is 5.78. The Morgan fingerprint density at radius 1 is 1.47 bits per heavy atom. The standard InChI is InChI=1S/C13H21N3O2S/c1-10-9-15(11-14-5-8-19-11)6-7-16(10)12(17)18-13(2,3)4/h5,8,10H,6-7,9H2,1-4H3/t10-/m1/s1. The maximum atomic E-state index is 12.1. The van der Waals surface area contributed by atoms with Crippen molar-refractivity contribution in [1.29, 1.82) is 0 Å². The third kappa shape index (κ3) is 3.59. The van der Waals surface area contributed by atoms with E-state index in [1.807, 2.05) is 39.3 Å². The van der Waals surface area contributed by atoms with Gasteiger partial charge in [-0.05, 0) is 27.7 Å². The van der Waals surface area contributed by atoms with E-state index in [2.05, 4.69) is 9.88 Å². The van der Waals surface area contributed by atoms with Crippen molar-refractivity contribution < 1.29 is 9.53 Å². The van der Waals surface area contributed by atoms with E-state index in [0.717, 1.165) is 18.2 Å². The average Bonchev–Trinajstić information content (AvgIpc) is 2.79. The number of hydrogen-bond donors (Lipinski definition) is 0. The van der Waals surface area contributed by atoms with Crippen LogP contribution in [0.25, 0.3) is 0 Å². The van der Waals surface area contributed by atoms with Gasteiger partial charge in [-0.3, -0.25) is 0 Å². The van der Waals surface area contributed by atoms with Gasteiger partial charge in [0, 0.05) is 37.3 Å². The van der Waals surface area contributed by atoms with Crippen LogP contribution in [0.15, 0.2) is 11.6 Å². The van der Waals surface area contributed by atoms with Crippen LogP contribution >= 0.6 is 11.3 Å². The van der Waals surface area contributed by atoms with E-state index in [1.54, 1.807) is 16.2 Å². The lowest BCUT2D eigenvalue weighted by Gasteiger charge is -2.40. The molecule has 0 bridgehead atoms. The van der Waals surface area contributed by atoms with Crippen LogP contribution in [0.2, 0.25) is 0 Å². The molecule has 1 aliphatic rings. The molecule has 0 spiro atoms. The van der Waals surface area contributed by atoms with Gasteiger partial charge in [0.15, 0.2) is 5.13 Å². The van der Waals surface area contributed by atoms with Crippen molar-refractivity contribution >= 4 is 22.6 Å². The van der Waals surface area contributed by atoms with Crippen LogP contribution in [0.1, 0.15) is 27.7 Å². The van der Waals surface area contributed by atoms with Crippen LogP contribution in [0.5, 0.6) is 0 Å². The van der Waals surface area contributed by atoms with Crippen LogP contribution in [-0.4, -0.2) is 47.3 Å². The van der Waals surface area contributed by atoms with Gasteiger partial charge in [-0.25, -0.2) is 9.78 Å². The van der Waals surface area contributed by atoms with Gasteiger partial charge in [-0.2, -0.15) is 0 Å². The van der Waals surface area contributed by atoms with Crippen molar-refractivity contribution in [2.45, 2.75) is 39.3 Å². The Morgan fingerprint density at radius 3 is 2.74 bits per heavy atom. The summed E-state index contributed by atoms with van der Waals surface area (Å²) in [5, 5.41) is 3.00. The van der Waals surface area contributed by atoms with Crippen molar-refractivity contribution in [3.8, 4) is 0 Å². The van der Waals surface area contributed by atoms with Gasteiger partial charge < -0.3 is 14.5 Å². The zero-order valence-electron chi connectivity index (χ0n) is 11.9. The van der Waals surface area contributed by atoms with Crippen molar-refractivity contribution in [1.82, 2.24) is 9.88 Å². The van der Waals surface area contributed by atoms with Crippen LogP contribution in [0, 0.1) is 0 Å². The lowest BCUT2D eigenvalue weighted by molar-refractivity contribution is 0.0159. The number of nitrogens with zero attached hydrogens (tertiary/aromatic N) is 3. The minimum atomic E-state index is -0.441. The maximum absolute atomic E-state index is 12.1. The van der Waals surface area contributed by atoms with Crippen LogP contribution in [-0.2, 0) is 4.74 Å². The van der Waals surface area contributed by atoms with Crippen molar-refractivity contribution in [2.24, 2.45) is 0 Å². The Kier molecular flexibility index (Phi) is 3.99. The van der Waals surface area contributed by atoms with Gasteiger partial charge in [-0.15, -0.1) is 11.3 Å². The highest BCUT2D eigenvalue weighted by Gasteiger charge is 2.31. The van der Waals surface area contributed by atoms with Gasteiger partial charge in [0.1, 0.15) is 5.60 Å². The van der Waals surface area contributed by atoms with Gasteiger partial charge >= 0.3 is 6.09 Å². The zero-order valence-corrected chi connectivity index (χ0v) is 12.7. The molecule has 1 aromatic heterocycles. The molecular weight excluding hydrogens is 262 g/mol. The molecule has 19 heavy (non-hydrogen) atoms. The minimum Gasteiger partial charge on any atom is -0.444 e. The molecule has 1 atom stereocenters. The molecule has 2 heterocycles. The number of hydrogen-bond acceptors (Lipinski definition) is 5. The summed E-state index contributed by atoms with van der Waals surface area (Å²) in [6.07, 6.45) is 1.59. The summed E-state index contributed by atoms with van der Waals surface area (Å²) >= 11 is 1.63. The fourth-order valence-electron chi connectivity index (χ4n) is 2.10. The molecule has 0 N–H and O–H groups in total. The quantitative estimate of drug-likeness (QED) is 0.794. The number of carbonyl (C=O) groups excluding carboxylic acids is 1. The third-order valence-electron chi connectivity index (χ3n) is 2.95. The number of aromatic nitrogens is 1. The first-order chi connectivity index (χ1) is 8.87. The first-order valence-electron chi connectivity index (χ1n) is 6.51. The van der Waals surface area contributed by atoms with Crippen molar-refractivity contribution in [3.63, 3.8) is 0 Å². The normalized spacial score (nSPS) is 20.5. The van der Waals surface area contributed by atoms with E-state index in [4.69, 9.17) is 4.74 Å². The predicted octanol–water partition coefficient (Wildman–Crippen LogP) is 2.59. The Balaban J connectivity index is 1.95. The van der Waals surface area contributed by atoms with Crippen molar-refractivity contribution in [2.75, 3.05) is 24.5 Å². The van der Waals surface area contributed by atoms with Crippen LogP contribution in [0.3, 0.4) is 0 Å². The molecule has 1 saturated heterocycles. The third-order valence-corrected chi connectivity index (χ3v) is 3.78. The maximum Gasteiger partial charge on any atom is 0.410 e. The molecule has 0 unspecified atom stereocenters. The number of rotatable bonds is 1. The van der Waals surface area contributed by atoms with E-state index in [-0.39, 0.29) is 12.1 Å². The fourth-order valence-corrected chi connectivity index (χ4v) is 2.78. The molecule has 0 aromatic carbocycles. The molecule has 0 radical (unpaired) electrons. The summed E-state index contributed by atoms with van der Waals surface area (Å²) in [6, 6.07) is 0.132. The fraction of sp³-hybridized carbons (Fsp3) is 0.692. The lowest BCUT2D eigenvalue weighted by atomic mass is 10.2. The Morgan fingerprint density at radius 2 is 2.21 bits per heavy atom. The SMILES string of the molecule is C[C@@H]1CN(c2nccs2)CCN1C(=O)OC(C)(C)C. The Bertz CT molecular complexity index is 428. The van der Waals surface area contributed by atoms with Crippen molar-refractivity contribution in [3.05, 3.63) is 11.6 Å². The highest BCUT2D eigenvalue weighted by molar-refractivity contribution is 7.13. The van der Waals surface area contributed by atoms with E-state index < -0.39 is 5.60 Å². The number of amides is 1. The lowest BCUT2D eigenvalue weighted by Crippen LogP contribution is -2.55. The van der Waals surface area contributed by atoms with Crippen LogP contribution in [0.4, 0.5) is 9.93 Å². The van der Waals surface area contributed by atoms with Gasteiger partial charge in [-0.1, -0.05) is 0 Å². The molecular formula is C13H21N3O2S. The van der Waals surface area contributed by atoms with Gasteiger partial charge in [0.2, 0.25) is 0 Å². The molecule has 1 aromatic rings. The smallest absolute Gasteiger partial charge is 0.410 e. The number of carbonyl (C=O) groups is 1. The molecule has 6 heteroatoms. The highest BCUT2D eigenvalue weighted by Crippen LogP contribution is 2.22. The second kappa shape index (κ2) is 5.36. The number of piperazine rings is 1. The summed E-state index contributed by atoms with van der Waals surface area (Å²) in [7, 11) is 0. The molecule has 1 amide bonds. The zero-order chi connectivity index (χ0) is 14.0. The molecule has 1 fully saturated rings. The monoisotopic (exact) mass is 283 g/mol. The van der Waals surface area contributed by atoms with E-state index in [0.29, 0.717) is 6.54 Å². The molecule has 5 nitrogen and oxygen atoms in total. The van der Waals surface area contributed by atoms with Gasteiger partial charge in [0.25, 0.3) is 0 Å². The Hall–Kier alpha value is -1.30. The topological polar surface area (TPSA) is 45.7 Å². The van der Waals surface area contributed by atoms with E-state index >= 15 is 0 Å². The van der Waals surface area contributed by atoms with Gasteiger partial charge in [0.05, 0.1) is 0 Å². The molecule has 106 valence electrons. The summed E-state index contributed by atoms with van der Waals surface area (Å²) < 4.78 is 5.43. The second-order valence-corrected chi connectivity index (χ2v) is 6.66. The number of anilines is 1. The van der Waals surface area contributed by atoms with E-state index in [9.17, 15) is 4.79 Å². The molecule has 0 saturated carbocycles. The predicted molar refractivity (Wildman–Crippen MR) is 76.7 cm³/mol. The summed E-state index contributed by atoms with van der Waals surface area (Å²) in [5.74, 6) is 0. The largest absolute Gasteiger partial charge is 0.444 e. The molecule has 1 aliphatic heterocycles. The first-order valence-corrected chi connectivity index (χ1v) is 7.39. The number of thiazole rings is 1. The molecule has 0 aliphatic carbocycles. The highest BCUT2D eigenvalue weighted by atomic mass is 32.1. The molecule has 2 rings (SSSR count). The number of ether oxygens (including phenoxy) is 1. The first kappa shape index (κ1) is 14.1. The summed E-state index contributed by atoms with van der Waals surface area (Å²) in [6.45, 7) is 9.99. The average molecular weight is 283 g/mol. The minimum absolute atomic E-state index is 0.132.